The van der Waals surface area contributed by atoms with Crippen LogP contribution in [0.4, 0.5) is 8.78 Å². The van der Waals surface area contributed by atoms with E-state index < -0.39 is 17.6 Å². The highest BCUT2D eigenvalue weighted by Crippen LogP contribution is 2.45. The first-order valence-corrected chi connectivity index (χ1v) is 9.63. The number of rotatable bonds is 3. The van der Waals surface area contributed by atoms with Crippen molar-refractivity contribution in [3.8, 4) is 11.1 Å². The molecule has 140 valence electrons. The molecule has 27 heavy (non-hydrogen) atoms. The molecule has 2 bridgehead atoms. The van der Waals surface area contributed by atoms with Gasteiger partial charge in [0.1, 0.15) is 17.6 Å². The normalized spacial score (nSPS) is 24.5. The molecule has 3 atom stereocenters. The quantitative estimate of drug-likeness (QED) is 0.650. The van der Waals surface area contributed by atoms with E-state index in [1.165, 1.54) is 0 Å². The molecule has 0 radical (unpaired) electrons. The molecule has 2 aromatic rings. The molecular weight excluding hydrogens is 370 g/mol. The zero-order chi connectivity index (χ0) is 19.3. The SMILES string of the molecule is CCc1ccc(-c2c(F)cc(Cl)cc2F)cc1C1C(=O)[C@@H]2CC[C@@H](C2)C1=O. The second-order valence-corrected chi connectivity index (χ2v) is 7.89. The van der Waals surface area contributed by atoms with Crippen molar-refractivity contribution in [2.75, 3.05) is 0 Å². The first-order valence-electron chi connectivity index (χ1n) is 9.25. The summed E-state index contributed by atoms with van der Waals surface area (Å²) in [5, 5.41) is -0.0200. The zero-order valence-electron chi connectivity index (χ0n) is 14.9. The highest BCUT2D eigenvalue weighted by Gasteiger charge is 2.47. The van der Waals surface area contributed by atoms with Crippen LogP contribution in [0.15, 0.2) is 30.3 Å². The predicted molar refractivity (Wildman–Crippen MR) is 99.8 cm³/mol. The van der Waals surface area contributed by atoms with Gasteiger partial charge in [-0.2, -0.15) is 0 Å². The summed E-state index contributed by atoms with van der Waals surface area (Å²) in [6.07, 6.45) is 2.80. The lowest BCUT2D eigenvalue weighted by Crippen LogP contribution is -2.35. The van der Waals surface area contributed by atoms with Gasteiger partial charge in [0.2, 0.25) is 0 Å². The van der Waals surface area contributed by atoms with Gasteiger partial charge in [0.05, 0.1) is 5.56 Å². The minimum atomic E-state index is -0.815. The van der Waals surface area contributed by atoms with Gasteiger partial charge in [0, 0.05) is 16.9 Å². The van der Waals surface area contributed by atoms with Crippen molar-refractivity contribution < 1.29 is 18.4 Å². The molecule has 4 rings (SSSR count). The summed E-state index contributed by atoms with van der Waals surface area (Å²) in [5.74, 6) is -2.59. The summed E-state index contributed by atoms with van der Waals surface area (Å²) in [6.45, 7) is 1.94. The van der Waals surface area contributed by atoms with Gasteiger partial charge in [0.15, 0.2) is 11.6 Å². The van der Waals surface area contributed by atoms with Crippen LogP contribution in [0.5, 0.6) is 0 Å². The smallest absolute Gasteiger partial charge is 0.150 e. The molecule has 0 heterocycles. The number of carbonyl (C=O) groups is 2. The number of aryl methyl sites for hydroxylation is 1. The number of hydrogen-bond acceptors (Lipinski definition) is 2. The van der Waals surface area contributed by atoms with Crippen LogP contribution < -0.4 is 0 Å². The van der Waals surface area contributed by atoms with Gasteiger partial charge in [-0.1, -0.05) is 30.7 Å². The van der Waals surface area contributed by atoms with E-state index in [0.29, 0.717) is 24.0 Å². The van der Waals surface area contributed by atoms with Gasteiger partial charge in [-0.25, -0.2) is 8.78 Å². The summed E-state index contributed by atoms with van der Waals surface area (Å²) in [4.78, 5) is 25.8. The molecule has 5 heteroatoms. The van der Waals surface area contributed by atoms with E-state index in [9.17, 15) is 18.4 Å². The van der Waals surface area contributed by atoms with E-state index >= 15 is 0 Å². The van der Waals surface area contributed by atoms with E-state index in [0.717, 1.165) is 30.5 Å². The summed E-state index contributed by atoms with van der Waals surface area (Å²) >= 11 is 5.72. The van der Waals surface area contributed by atoms with E-state index in [2.05, 4.69) is 0 Å². The second kappa shape index (κ2) is 6.83. The lowest BCUT2D eigenvalue weighted by molar-refractivity contribution is -0.135. The molecule has 1 unspecified atom stereocenters. The molecule has 2 saturated carbocycles. The Morgan fingerprint density at radius 1 is 1.00 bits per heavy atom. The fourth-order valence-electron chi connectivity index (χ4n) is 4.58. The maximum atomic E-state index is 14.4. The molecule has 0 spiro atoms. The van der Waals surface area contributed by atoms with Crippen molar-refractivity contribution in [1.82, 2.24) is 0 Å². The molecule has 2 fully saturated rings. The van der Waals surface area contributed by atoms with Gasteiger partial charge in [-0.15, -0.1) is 0 Å². The van der Waals surface area contributed by atoms with Crippen LogP contribution in [0, 0.1) is 23.5 Å². The molecule has 2 nitrogen and oxygen atoms in total. The average Bonchev–Trinajstić information content (AvgIpc) is 3.07. The van der Waals surface area contributed by atoms with Crippen molar-refractivity contribution in [3.63, 3.8) is 0 Å². The lowest BCUT2D eigenvalue weighted by Gasteiger charge is -2.27. The van der Waals surface area contributed by atoms with Crippen molar-refractivity contribution in [3.05, 3.63) is 58.1 Å². The Kier molecular flexibility index (Phi) is 4.63. The van der Waals surface area contributed by atoms with Gasteiger partial charge in [-0.3, -0.25) is 9.59 Å². The number of carbonyl (C=O) groups excluding carboxylic acids is 2. The van der Waals surface area contributed by atoms with Gasteiger partial charge in [0.25, 0.3) is 0 Å². The molecule has 0 aliphatic heterocycles. The Labute approximate surface area is 161 Å². The largest absolute Gasteiger partial charge is 0.298 e. The minimum absolute atomic E-state index is 0.0200. The summed E-state index contributed by atoms with van der Waals surface area (Å²) < 4.78 is 28.8. The standard InChI is InChI=1S/C22H19ClF2O2/c1-2-11-3-4-12(19-17(24)9-15(23)10-18(19)25)8-16(11)20-21(26)13-5-6-14(7-13)22(20)27/h3-4,8-10,13-14,20H,2,5-7H2,1H3/t13-,14+,20?. The fourth-order valence-corrected chi connectivity index (χ4v) is 4.77. The number of fused-ring (bicyclic) bond motifs is 2. The third-order valence-electron chi connectivity index (χ3n) is 5.94. The summed E-state index contributed by atoms with van der Waals surface area (Å²) in [6, 6.07) is 7.12. The molecule has 0 saturated heterocycles. The minimum Gasteiger partial charge on any atom is -0.298 e. The van der Waals surface area contributed by atoms with Crippen molar-refractivity contribution in [1.29, 1.82) is 0 Å². The first-order chi connectivity index (χ1) is 12.9. The van der Waals surface area contributed by atoms with Crippen LogP contribution in [-0.4, -0.2) is 11.6 Å². The molecule has 0 aromatic heterocycles. The lowest BCUT2D eigenvalue weighted by atomic mass is 9.73. The van der Waals surface area contributed by atoms with Crippen LogP contribution in [0.2, 0.25) is 5.02 Å². The van der Waals surface area contributed by atoms with Crippen LogP contribution in [0.1, 0.15) is 43.2 Å². The van der Waals surface area contributed by atoms with Gasteiger partial charge < -0.3 is 0 Å². The number of hydrogen-bond donors (Lipinski definition) is 0. The van der Waals surface area contributed by atoms with E-state index in [1.807, 2.05) is 6.92 Å². The van der Waals surface area contributed by atoms with E-state index in [4.69, 9.17) is 11.6 Å². The maximum absolute atomic E-state index is 14.4. The molecular formula is C22H19ClF2O2. The topological polar surface area (TPSA) is 34.1 Å². The molecule has 2 aromatic carbocycles. The van der Waals surface area contributed by atoms with Crippen LogP contribution in [-0.2, 0) is 16.0 Å². The number of halogens is 3. The van der Waals surface area contributed by atoms with Crippen LogP contribution >= 0.6 is 11.6 Å². The van der Waals surface area contributed by atoms with Crippen molar-refractivity contribution >= 4 is 23.2 Å². The predicted octanol–water partition coefficient (Wildman–Crippen LogP) is 5.50. The zero-order valence-corrected chi connectivity index (χ0v) is 15.7. The maximum Gasteiger partial charge on any atom is 0.150 e. The third-order valence-corrected chi connectivity index (χ3v) is 6.16. The van der Waals surface area contributed by atoms with Crippen LogP contribution in [0.3, 0.4) is 0 Å². The first kappa shape index (κ1) is 18.3. The Morgan fingerprint density at radius 2 is 1.59 bits per heavy atom. The second-order valence-electron chi connectivity index (χ2n) is 7.46. The number of ketones is 2. The molecule has 0 N–H and O–H groups in total. The van der Waals surface area contributed by atoms with E-state index in [-0.39, 0.29) is 34.0 Å². The molecule has 0 amide bonds. The number of Topliss-reactive ketones (excluding diaryl/α,β-unsaturated/α-hetero) is 2. The van der Waals surface area contributed by atoms with Gasteiger partial charge in [-0.05, 0) is 60.6 Å². The highest BCUT2D eigenvalue weighted by atomic mass is 35.5. The molecule has 2 aliphatic rings. The Morgan fingerprint density at radius 3 is 2.15 bits per heavy atom. The van der Waals surface area contributed by atoms with Crippen LogP contribution in [0.25, 0.3) is 11.1 Å². The van der Waals surface area contributed by atoms with Crippen molar-refractivity contribution in [2.24, 2.45) is 11.8 Å². The van der Waals surface area contributed by atoms with Crippen molar-refractivity contribution in [2.45, 2.75) is 38.5 Å². The highest BCUT2D eigenvalue weighted by molar-refractivity contribution is 6.30. The summed E-state index contributed by atoms with van der Waals surface area (Å²) in [5.41, 5.74) is 1.58. The third kappa shape index (κ3) is 3.00. The molecule has 2 aliphatic carbocycles. The Bertz CT molecular complexity index is 908. The average molecular weight is 389 g/mol. The number of benzene rings is 2. The Hall–Kier alpha value is -2.07. The monoisotopic (exact) mass is 388 g/mol. The fraction of sp³-hybridized carbons (Fsp3) is 0.364. The Balaban J connectivity index is 1.86. The van der Waals surface area contributed by atoms with Gasteiger partial charge >= 0.3 is 0 Å². The summed E-state index contributed by atoms with van der Waals surface area (Å²) in [7, 11) is 0. The van der Waals surface area contributed by atoms with E-state index in [1.54, 1.807) is 18.2 Å².